The van der Waals surface area contributed by atoms with Crippen LogP contribution in [0.15, 0.2) is 71.8 Å². The molecule has 2 saturated heterocycles. The van der Waals surface area contributed by atoms with Gasteiger partial charge in [0.15, 0.2) is 0 Å². The molecule has 0 amide bonds. The number of piperidine rings is 2. The van der Waals surface area contributed by atoms with Gasteiger partial charge in [-0.1, -0.05) is 59.7 Å². The lowest BCUT2D eigenvalue weighted by Gasteiger charge is -2.46. The Balaban J connectivity index is 0.977. The van der Waals surface area contributed by atoms with Crippen LogP contribution in [0.1, 0.15) is 80.6 Å². The van der Waals surface area contributed by atoms with Crippen molar-refractivity contribution in [2.45, 2.75) is 70.9 Å². The summed E-state index contributed by atoms with van der Waals surface area (Å²) < 4.78 is 0. The first kappa shape index (κ1) is 26.3. The number of para-hydroxylation sites is 2. The molecule has 6 heterocycles. The van der Waals surface area contributed by atoms with Crippen molar-refractivity contribution < 1.29 is 0 Å². The third-order valence-corrected chi connectivity index (χ3v) is 12.6. The number of benzene rings is 2. The average Bonchev–Trinajstić information content (AvgIpc) is 3.79. The second-order valence-corrected chi connectivity index (χ2v) is 14.3. The van der Waals surface area contributed by atoms with Crippen molar-refractivity contribution in [3.63, 3.8) is 0 Å². The van der Waals surface area contributed by atoms with Crippen LogP contribution in [0, 0.1) is 23.7 Å². The standard InChI is InChI=1S/C39H46N4/c1-3-24-22-42-17-15-30-28-9-5-7-11-34(28)40-38(30)36(42)20-32(24)26-13-14-27(19-26)33-21-37-39-31(16-18-43(37)23-25(33)4-2)29-10-6-8-12-35(29)41-39/h3-12,26-27,32-33,36-37,40-41H,13-23H2,1-2H3/b24-3+,25-4+/t26?,27?,32-,33-,36-,37-/m0/s1. The van der Waals surface area contributed by atoms with Gasteiger partial charge in [-0.3, -0.25) is 9.80 Å². The number of hydrogen-bond donors (Lipinski definition) is 2. The summed E-state index contributed by atoms with van der Waals surface area (Å²) in [5.74, 6) is 3.08. The number of aromatic nitrogens is 2. The monoisotopic (exact) mass is 570 g/mol. The molecule has 43 heavy (non-hydrogen) atoms. The van der Waals surface area contributed by atoms with Gasteiger partial charge in [0.25, 0.3) is 0 Å². The van der Waals surface area contributed by atoms with E-state index in [2.05, 4.69) is 94.3 Å². The molecule has 4 heteroatoms. The predicted molar refractivity (Wildman–Crippen MR) is 177 cm³/mol. The molecule has 0 bridgehead atoms. The summed E-state index contributed by atoms with van der Waals surface area (Å²) in [6.07, 6.45) is 14.1. The highest BCUT2D eigenvalue weighted by molar-refractivity contribution is 5.86. The number of rotatable bonds is 2. The van der Waals surface area contributed by atoms with Gasteiger partial charge in [0, 0.05) is 59.4 Å². The summed E-state index contributed by atoms with van der Waals surface area (Å²) in [4.78, 5) is 13.4. The number of H-pyrrole nitrogens is 2. The van der Waals surface area contributed by atoms with E-state index < -0.39 is 0 Å². The summed E-state index contributed by atoms with van der Waals surface area (Å²) in [7, 11) is 0. The van der Waals surface area contributed by atoms with Gasteiger partial charge in [-0.05, 0) is 106 Å². The van der Waals surface area contributed by atoms with Crippen molar-refractivity contribution in [2.75, 3.05) is 26.2 Å². The highest BCUT2D eigenvalue weighted by Gasteiger charge is 2.46. The summed E-state index contributed by atoms with van der Waals surface area (Å²) in [6.45, 7) is 9.32. The third kappa shape index (κ3) is 4.09. The molecule has 2 N–H and O–H groups in total. The van der Waals surface area contributed by atoms with Gasteiger partial charge < -0.3 is 9.97 Å². The molecule has 4 nitrogen and oxygen atoms in total. The van der Waals surface area contributed by atoms with Gasteiger partial charge >= 0.3 is 0 Å². The largest absolute Gasteiger partial charge is 0.357 e. The van der Waals surface area contributed by atoms with E-state index in [4.69, 9.17) is 0 Å². The smallest absolute Gasteiger partial charge is 0.0510 e. The maximum absolute atomic E-state index is 3.90. The zero-order valence-electron chi connectivity index (χ0n) is 25.9. The van der Waals surface area contributed by atoms with Gasteiger partial charge in [-0.15, -0.1) is 0 Å². The van der Waals surface area contributed by atoms with E-state index in [1.165, 1.54) is 91.2 Å². The Kier molecular flexibility index (Phi) is 6.27. The minimum absolute atomic E-state index is 0.543. The molecule has 2 aromatic carbocycles. The fraction of sp³-hybridized carbons (Fsp3) is 0.487. The Bertz CT molecular complexity index is 1620. The summed E-state index contributed by atoms with van der Waals surface area (Å²) >= 11 is 0. The lowest BCUT2D eigenvalue weighted by atomic mass is 9.72. The Hall–Kier alpha value is -3.08. The third-order valence-electron chi connectivity index (χ3n) is 12.6. The van der Waals surface area contributed by atoms with Crippen LogP contribution in [-0.2, 0) is 12.8 Å². The van der Waals surface area contributed by atoms with E-state index >= 15 is 0 Å². The van der Waals surface area contributed by atoms with Crippen LogP contribution in [0.2, 0.25) is 0 Å². The second kappa shape index (κ2) is 10.2. The van der Waals surface area contributed by atoms with Crippen LogP contribution in [0.4, 0.5) is 0 Å². The summed E-state index contributed by atoms with van der Waals surface area (Å²) in [6, 6.07) is 19.1. The molecule has 9 rings (SSSR count). The zero-order chi connectivity index (χ0) is 28.7. The number of aromatic amines is 2. The number of nitrogens with zero attached hydrogens (tertiary/aromatic N) is 2. The maximum atomic E-state index is 3.90. The first-order chi connectivity index (χ1) is 21.2. The quantitative estimate of drug-likeness (QED) is 0.237. The molecule has 4 aromatic rings. The van der Waals surface area contributed by atoms with Crippen molar-refractivity contribution in [3.8, 4) is 0 Å². The molecule has 6 atom stereocenters. The first-order valence-electron chi connectivity index (χ1n) is 17.2. The van der Waals surface area contributed by atoms with Crippen molar-refractivity contribution in [2.24, 2.45) is 23.7 Å². The zero-order valence-corrected chi connectivity index (χ0v) is 25.9. The Morgan fingerprint density at radius 1 is 0.628 bits per heavy atom. The average molecular weight is 571 g/mol. The molecule has 0 radical (unpaired) electrons. The van der Waals surface area contributed by atoms with Gasteiger partial charge in [-0.2, -0.15) is 0 Å². The van der Waals surface area contributed by atoms with E-state index in [-0.39, 0.29) is 0 Å². The molecule has 3 fully saturated rings. The molecule has 0 spiro atoms. The molecule has 1 saturated carbocycles. The Morgan fingerprint density at radius 2 is 1.09 bits per heavy atom. The van der Waals surface area contributed by atoms with Crippen molar-refractivity contribution in [1.29, 1.82) is 0 Å². The van der Waals surface area contributed by atoms with Crippen LogP contribution < -0.4 is 0 Å². The minimum atomic E-state index is 0.543. The molecule has 4 aliphatic heterocycles. The first-order valence-corrected chi connectivity index (χ1v) is 17.2. The van der Waals surface area contributed by atoms with Gasteiger partial charge in [0.05, 0.1) is 12.1 Å². The molecule has 222 valence electrons. The maximum Gasteiger partial charge on any atom is 0.0510 e. The summed E-state index contributed by atoms with van der Waals surface area (Å²) in [5.41, 5.74) is 12.3. The van der Waals surface area contributed by atoms with Crippen LogP contribution in [0.5, 0.6) is 0 Å². The van der Waals surface area contributed by atoms with E-state index in [9.17, 15) is 0 Å². The van der Waals surface area contributed by atoms with E-state index in [0.717, 1.165) is 36.8 Å². The van der Waals surface area contributed by atoms with Gasteiger partial charge in [0.1, 0.15) is 0 Å². The van der Waals surface area contributed by atoms with Crippen LogP contribution in [-0.4, -0.2) is 45.9 Å². The molecule has 2 aromatic heterocycles. The fourth-order valence-electron chi connectivity index (χ4n) is 10.5. The molecular weight excluding hydrogens is 524 g/mol. The van der Waals surface area contributed by atoms with Crippen LogP contribution in [0.3, 0.4) is 0 Å². The van der Waals surface area contributed by atoms with Crippen molar-refractivity contribution >= 4 is 21.8 Å². The topological polar surface area (TPSA) is 38.1 Å². The number of allylic oxidation sites excluding steroid dienone is 2. The minimum Gasteiger partial charge on any atom is -0.357 e. The lowest BCUT2D eigenvalue weighted by molar-refractivity contribution is 0.107. The molecule has 1 aliphatic carbocycles. The van der Waals surface area contributed by atoms with E-state index in [1.807, 2.05) is 0 Å². The highest BCUT2D eigenvalue weighted by Crippen LogP contribution is 2.53. The lowest BCUT2D eigenvalue weighted by Crippen LogP contribution is -2.44. The molecule has 2 unspecified atom stereocenters. The molecule has 5 aliphatic rings. The highest BCUT2D eigenvalue weighted by atomic mass is 15.2. The normalized spacial score (nSPS) is 33.2. The number of nitrogens with one attached hydrogen (secondary N) is 2. The summed E-state index contributed by atoms with van der Waals surface area (Å²) in [5, 5.41) is 2.91. The second-order valence-electron chi connectivity index (χ2n) is 14.3. The number of fused-ring (bicyclic) bond motifs is 10. The SMILES string of the molecule is C/C=C1\CN2CCc3c([nH]c4ccccc34)[C@@H]2C[C@@H]1C1CCC([C@H]2C[C@H]3c4[nH]c5ccccc5c4CCN3C/C2=C\C)C1. The predicted octanol–water partition coefficient (Wildman–Crippen LogP) is 8.50. The van der Waals surface area contributed by atoms with Gasteiger partial charge in [-0.25, -0.2) is 0 Å². The van der Waals surface area contributed by atoms with Crippen LogP contribution in [0.25, 0.3) is 21.8 Å². The van der Waals surface area contributed by atoms with Crippen molar-refractivity contribution in [1.82, 2.24) is 19.8 Å². The molecular formula is C39H46N4. The van der Waals surface area contributed by atoms with Crippen LogP contribution >= 0.6 is 0 Å². The van der Waals surface area contributed by atoms with Gasteiger partial charge in [0.2, 0.25) is 0 Å². The van der Waals surface area contributed by atoms with Crippen molar-refractivity contribution in [3.05, 3.63) is 94.3 Å². The Morgan fingerprint density at radius 3 is 1.56 bits per heavy atom. The number of hydrogen-bond acceptors (Lipinski definition) is 2. The van der Waals surface area contributed by atoms with E-state index in [1.54, 1.807) is 22.3 Å². The van der Waals surface area contributed by atoms with E-state index in [0.29, 0.717) is 12.1 Å². The fourth-order valence-corrected chi connectivity index (χ4v) is 10.5. The Labute approximate surface area is 256 Å².